The molecule has 20 heavy (non-hydrogen) atoms. The van der Waals surface area contributed by atoms with Crippen molar-refractivity contribution in [1.29, 1.82) is 0 Å². The number of hydrogen-bond acceptors (Lipinski definition) is 3. The van der Waals surface area contributed by atoms with Crippen LogP contribution in [0.4, 0.5) is 0 Å². The van der Waals surface area contributed by atoms with Crippen molar-refractivity contribution in [3.05, 3.63) is 0 Å². The van der Waals surface area contributed by atoms with Gasteiger partial charge in [-0.3, -0.25) is 0 Å². The van der Waals surface area contributed by atoms with E-state index in [0.29, 0.717) is 19.0 Å². The molecule has 0 amide bonds. The Hall–Kier alpha value is -0.170. The Kier molecular flexibility index (Phi) is 8.02. The lowest BCUT2D eigenvalue weighted by atomic mass is 9.98. The summed E-state index contributed by atoms with van der Waals surface area (Å²) in [7, 11) is -3.30. The molecule has 1 aliphatic rings. The van der Waals surface area contributed by atoms with Crippen LogP contribution in [0.15, 0.2) is 0 Å². The summed E-state index contributed by atoms with van der Waals surface area (Å²) in [4.78, 5) is 0. The van der Waals surface area contributed by atoms with Gasteiger partial charge >= 0.3 is 0 Å². The van der Waals surface area contributed by atoms with Gasteiger partial charge in [-0.2, -0.15) is 17.4 Å². The van der Waals surface area contributed by atoms with Crippen LogP contribution in [0.5, 0.6) is 0 Å². The van der Waals surface area contributed by atoms with Crippen LogP contribution in [0.3, 0.4) is 0 Å². The molecule has 2 N–H and O–H groups in total. The first-order chi connectivity index (χ1) is 9.53. The normalized spacial score (nSPS) is 20.1. The molecule has 0 aromatic rings. The van der Waals surface area contributed by atoms with E-state index < -0.39 is 10.2 Å². The lowest BCUT2D eigenvalue weighted by Gasteiger charge is -2.32. The Morgan fingerprint density at radius 3 is 2.35 bits per heavy atom. The quantitative estimate of drug-likeness (QED) is 0.682. The van der Waals surface area contributed by atoms with E-state index in [1.807, 2.05) is 6.92 Å². The number of piperidine rings is 1. The van der Waals surface area contributed by atoms with E-state index in [1.54, 1.807) is 4.31 Å². The molecule has 1 heterocycles. The largest absolute Gasteiger partial charge is 0.317 e. The molecule has 0 radical (unpaired) electrons. The van der Waals surface area contributed by atoms with Crippen molar-refractivity contribution in [2.24, 2.45) is 5.92 Å². The molecule has 0 aromatic heterocycles. The van der Waals surface area contributed by atoms with Crippen LogP contribution < -0.4 is 10.0 Å². The van der Waals surface area contributed by atoms with E-state index in [1.165, 1.54) is 0 Å². The summed E-state index contributed by atoms with van der Waals surface area (Å²) in [5.41, 5.74) is 0. The van der Waals surface area contributed by atoms with Gasteiger partial charge in [0.05, 0.1) is 0 Å². The van der Waals surface area contributed by atoms with E-state index in [2.05, 4.69) is 23.9 Å². The highest BCUT2D eigenvalue weighted by molar-refractivity contribution is 7.87. The molecule has 0 saturated carbocycles. The first-order valence-electron chi connectivity index (χ1n) is 8.01. The average molecular weight is 305 g/mol. The third-order valence-electron chi connectivity index (χ3n) is 4.04. The van der Waals surface area contributed by atoms with Crippen LogP contribution in [0.1, 0.15) is 52.9 Å². The van der Waals surface area contributed by atoms with Gasteiger partial charge in [-0.1, -0.05) is 27.2 Å². The van der Waals surface area contributed by atoms with Gasteiger partial charge in [0.2, 0.25) is 0 Å². The average Bonchev–Trinajstić information content (AvgIpc) is 2.45. The van der Waals surface area contributed by atoms with Crippen molar-refractivity contribution in [2.75, 3.05) is 26.2 Å². The van der Waals surface area contributed by atoms with Gasteiger partial charge < -0.3 is 5.32 Å². The number of rotatable bonds is 9. The van der Waals surface area contributed by atoms with Crippen LogP contribution in [0.2, 0.25) is 0 Å². The van der Waals surface area contributed by atoms with Crippen LogP contribution >= 0.6 is 0 Å². The first kappa shape index (κ1) is 17.9. The minimum atomic E-state index is -3.30. The molecule has 1 atom stereocenters. The second kappa shape index (κ2) is 8.97. The van der Waals surface area contributed by atoms with Gasteiger partial charge in [0.1, 0.15) is 0 Å². The summed E-state index contributed by atoms with van der Waals surface area (Å²) in [6.07, 6.45) is 4.68. The van der Waals surface area contributed by atoms with Gasteiger partial charge in [0.25, 0.3) is 10.2 Å². The van der Waals surface area contributed by atoms with Gasteiger partial charge in [-0.05, 0) is 44.7 Å². The smallest absolute Gasteiger partial charge is 0.279 e. The van der Waals surface area contributed by atoms with Crippen molar-refractivity contribution in [2.45, 2.75) is 58.9 Å². The van der Waals surface area contributed by atoms with Crippen LogP contribution in [-0.2, 0) is 10.2 Å². The molecule has 120 valence electrons. The second-order valence-electron chi connectivity index (χ2n) is 5.67. The van der Waals surface area contributed by atoms with E-state index in [9.17, 15) is 8.42 Å². The molecule has 0 aromatic carbocycles. The molecule has 6 heteroatoms. The maximum Gasteiger partial charge on any atom is 0.279 e. The second-order valence-corrected chi connectivity index (χ2v) is 7.37. The fourth-order valence-corrected chi connectivity index (χ4v) is 4.23. The van der Waals surface area contributed by atoms with Crippen molar-refractivity contribution in [3.63, 3.8) is 0 Å². The fraction of sp³-hybridized carbons (Fsp3) is 1.00. The molecule has 1 rings (SSSR count). The van der Waals surface area contributed by atoms with E-state index >= 15 is 0 Å². The van der Waals surface area contributed by atoms with Gasteiger partial charge in [-0.15, -0.1) is 0 Å². The molecule has 0 bridgehead atoms. The first-order valence-corrected chi connectivity index (χ1v) is 9.45. The van der Waals surface area contributed by atoms with Gasteiger partial charge in [0.15, 0.2) is 0 Å². The molecule has 1 fully saturated rings. The summed E-state index contributed by atoms with van der Waals surface area (Å²) in [5, 5.41) is 3.35. The van der Waals surface area contributed by atoms with Crippen molar-refractivity contribution >= 4 is 10.2 Å². The third kappa shape index (κ3) is 5.68. The number of nitrogens with one attached hydrogen (secondary N) is 2. The highest BCUT2D eigenvalue weighted by Crippen LogP contribution is 2.19. The maximum absolute atomic E-state index is 12.3. The molecule has 1 saturated heterocycles. The fourth-order valence-electron chi connectivity index (χ4n) is 2.68. The van der Waals surface area contributed by atoms with Crippen LogP contribution in [-0.4, -0.2) is 44.9 Å². The minimum absolute atomic E-state index is 0.0736. The Morgan fingerprint density at radius 2 is 1.85 bits per heavy atom. The topological polar surface area (TPSA) is 61.4 Å². The molecule has 0 aliphatic carbocycles. The lowest BCUT2D eigenvalue weighted by molar-refractivity contribution is 0.264. The van der Waals surface area contributed by atoms with Gasteiger partial charge in [-0.25, -0.2) is 0 Å². The highest BCUT2D eigenvalue weighted by Gasteiger charge is 2.28. The Balaban J connectivity index is 2.45. The number of nitrogens with zero attached hydrogens (tertiary/aromatic N) is 1. The number of hydrogen-bond donors (Lipinski definition) is 2. The minimum Gasteiger partial charge on any atom is -0.317 e. The summed E-state index contributed by atoms with van der Waals surface area (Å²) < 4.78 is 29.2. The standard InChI is InChI=1S/C14H31N3O2S/c1-4-7-14(5-2)16-20(18,19)17-10-8-13(9-11-17)12-15-6-3/h13-16H,4-12H2,1-3H3. The molecule has 0 spiro atoms. The Bertz CT molecular complexity index is 351. The van der Waals surface area contributed by atoms with Crippen molar-refractivity contribution < 1.29 is 8.42 Å². The lowest BCUT2D eigenvalue weighted by Crippen LogP contribution is -2.48. The zero-order valence-electron chi connectivity index (χ0n) is 13.2. The van der Waals surface area contributed by atoms with Crippen molar-refractivity contribution in [1.82, 2.24) is 14.3 Å². The molecule has 1 unspecified atom stereocenters. The molecule has 1 aliphatic heterocycles. The van der Waals surface area contributed by atoms with Crippen LogP contribution in [0, 0.1) is 5.92 Å². The predicted molar refractivity (Wildman–Crippen MR) is 83.9 cm³/mol. The summed E-state index contributed by atoms with van der Waals surface area (Å²) >= 11 is 0. The summed E-state index contributed by atoms with van der Waals surface area (Å²) in [6, 6.07) is 0.0736. The Morgan fingerprint density at radius 1 is 1.20 bits per heavy atom. The predicted octanol–water partition coefficient (Wildman–Crippen LogP) is 1.72. The summed E-state index contributed by atoms with van der Waals surface area (Å²) in [6.45, 7) is 9.50. The Labute approximate surface area is 124 Å². The van der Waals surface area contributed by atoms with E-state index in [0.717, 1.165) is 45.2 Å². The zero-order chi connectivity index (χ0) is 15.0. The summed E-state index contributed by atoms with van der Waals surface area (Å²) in [5.74, 6) is 0.610. The molecular weight excluding hydrogens is 274 g/mol. The molecule has 5 nitrogen and oxygen atoms in total. The SMILES string of the molecule is CCCC(CC)NS(=O)(=O)N1CCC(CNCC)CC1. The van der Waals surface area contributed by atoms with Crippen molar-refractivity contribution in [3.8, 4) is 0 Å². The van der Waals surface area contributed by atoms with Crippen LogP contribution in [0.25, 0.3) is 0 Å². The van der Waals surface area contributed by atoms with E-state index in [4.69, 9.17) is 0 Å². The van der Waals surface area contributed by atoms with E-state index in [-0.39, 0.29) is 6.04 Å². The van der Waals surface area contributed by atoms with Gasteiger partial charge in [0, 0.05) is 19.1 Å². The third-order valence-corrected chi connectivity index (χ3v) is 5.72. The monoisotopic (exact) mass is 305 g/mol. The maximum atomic E-state index is 12.3. The zero-order valence-corrected chi connectivity index (χ0v) is 14.0. The molecular formula is C14H31N3O2S. The highest BCUT2D eigenvalue weighted by atomic mass is 32.2.